The molecule has 3 heterocycles. The molecule has 0 atom stereocenters. The van der Waals surface area contributed by atoms with E-state index >= 15 is 0 Å². The van der Waals surface area contributed by atoms with Gasteiger partial charge in [-0.1, -0.05) is 128 Å². The van der Waals surface area contributed by atoms with Gasteiger partial charge in [-0.25, -0.2) is 4.79 Å². The average Bonchev–Trinajstić information content (AvgIpc) is 0.942. The number of carboxylic acid groups (broad SMARTS) is 2. The molecule has 3 N–H and O–H groups in total. The minimum absolute atomic E-state index is 0.00648. The number of nitrogens with one attached hydrogen (secondary N) is 1. The summed E-state index contributed by atoms with van der Waals surface area (Å²) in [7, 11) is 1.49. The zero-order chi connectivity index (χ0) is 84.4. The van der Waals surface area contributed by atoms with Crippen LogP contribution in [0.15, 0.2) is 38.0 Å². The van der Waals surface area contributed by atoms with Gasteiger partial charge in [-0.2, -0.15) is 10.2 Å². The molecule has 1 amide bonds. The van der Waals surface area contributed by atoms with Gasteiger partial charge in [0.1, 0.15) is 0 Å². The van der Waals surface area contributed by atoms with E-state index in [1.165, 1.54) is 192 Å². The molecule has 0 aliphatic heterocycles. The Kier molecular flexibility index (Phi) is 48.3. The highest BCUT2D eigenvalue weighted by molar-refractivity contribution is 5.89. The molecule has 0 spiro atoms. The molecule has 114 heavy (non-hydrogen) atoms. The molecular formula is C96H164N8O10. The number of nitriles is 1. The van der Waals surface area contributed by atoms with Crippen molar-refractivity contribution in [2.24, 2.45) is 107 Å². The van der Waals surface area contributed by atoms with E-state index in [9.17, 15) is 19.2 Å². The number of amides is 1. The van der Waals surface area contributed by atoms with E-state index < -0.39 is 11.9 Å². The first-order chi connectivity index (χ1) is 54.1. The van der Waals surface area contributed by atoms with E-state index in [0.29, 0.717) is 47.1 Å². The van der Waals surface area contributed by atoms with E-state index in [1.807, 2.05) is 32.9 Å². The van der Waals surface area contributed by atoms with E-state index in [0.717, 1.165) is 170 Å². The fourth-order valence-electron chi connectivity index (χ4n) is 19.3. The average molecular weight is 1590 g/mol. The first-order valence-electron chi connectivity index (χ1n) is 45.7. The molecule has 7 aliphatic rings. The Bertz CT molecular complexity index is 3150. The third-order valence-corrected chi connectivity index (χ3v) is 24.7. The Morgan fingerprint density at radius 2 is 0.860 bits per heavy atom. The summed E-state index contributed by atoms with van der Waals surface area (Å²) in [4.78, 5) is 47.9. The van der Waals surface area contributed by atoms with Crippen LogP contribution in [-0.2, 0) is 25.5 Å². The lowest BCUT2D eigenvalue weighted by Crippen LogP contribution is -2.36. The second kappa shape index (κ2) is 54.9. The van der Waals surface area contributed by atoms with Crippen LogP contribution in [-0.4, -0.2) is 77.7 Å². The number of aliphatic carboxylic acids is 1. The van der Waals surface area contributed by atoms with Crippen LogP contribution in [0.3, 0.4) is 0 Å². The number of nitrogens with zero attached hydrogens (tertiary/aromatic N) is 7. The maximum atomic E-state index is 11.3. The topological polar surface area (TPSA) is 271 Å². The zero-order valence-electron chi connectivity index (χ0n) is 75.8. The second-order valence-electron chi connectivity index (χ2n) is 39.3. The van der Waals surface area contributed by atoms with Crippen molar-refractivity contribution in [2.45, 2.75) is 393 Å². The van der Waals surface area contributed by atoms with Crippen molar-refractivity contribution in [1.82, 2.24) is 35.9 Å². The van der Waals surface area contributed by atoms with Gasteiger partial charge < -0.3 is 33.6 Å². The Morgan fingerprint density at radius 1 is 0.482 bits per heavy atom. The number of aromatic nitrogens is 6. The highest BCUT2D eigenvalue weighted by atomic mass is 16.5. The minimum atomic E-state index is -0.849. The number of aryl methyl sites for hydroxylation is 3. The molecule has 4 aromatic rings. The van der Waals surface area contributed by atoms with Gasteiger partial charge >= 0.3 is 17.9 Å². The van der Waals surface area contributed by atoms with Gasteiger partial charge in [-0.3, -0.25) is 14.4 Å². The summed E-state index contributed by atoms with van der Waals surface area (Å²) in [6.45, 7) is 43.6. The van der Waals surface area contributed by atoms with Crippen molar-refractivity contribution in [3.05, 3.63) is 70.7 Å². The van der Waals surface area contributed by atoms with Crippen molar-refractivity contribution < 1.29 is 47.5 Å². The third-order valence-electron chi connectivity index (χ3n) is 24.7. The van der Waals surface area contributed by atoms with Crippen LogP contribution in [0.4, 0.5) is 0 Å². The number of carbonyl (C=O) groups excluding carboxylic acids is 2. The molecule has 0 saturated heterocycles. The van der Waals surface area contributed by atoms with Gasteiger partial charge in [0.25, 0.3) is 0 Å². The molecule has 11 rings (SSSR count). The van der Waals surface area contributed by atoms with E-state index in [4.69, 9.17) is 33.6 Å². The van der Waals surface area contributed by atoms with Crippen LogP contribution >= 0.6 is 0 Å². The molecule has 3 aromatic heterocycles. The van der Waals surface area contributed by atoms with E-state index in [1.54, 1.807) is 13.0 Å². The lowest BCUT2D eigenvalue weighted by molar-refractivity contribution is -0.147. The maximum Gasteiger partial charge on any atom is 0.335 e. The Balaban J connectivity index is 0.000000275. The summed E-state index contributed by atoms with van der Waals surface area (Å²) in [5, 5.41) is 49.1. The number of carbonyl (C=O) groups is 4. The molecule has 7 fully saturated rings. The SMILES string of the molecule is CC(=O)NC1CCC(CC(C)C)CC1.CC(C)CC1CCC(C#N)CC1.CC(C)CC1CCC(C(=O)O)CC1.CC(C)CC1CCC(c2nnco2)CC1.COC(=O)C1CCC(CC(C)C)CC1.Cc1cc(CC(C)C)ccc1C(=O)O.Cc1nnc(C2CCC(CC(C)C)CC2)o1.Cc1noc(C2CCC(CC(C)C)CC2)n1. The summed E-state index contributed by atoms with van der Waals surface area (Å²) < 4.78 is 20.8. The number of benzene rings is 1. The van der Waals surface area contributed by atoms with Crippen molar-refractivity contribution in [3.63, 3.8) is 0 Å². The van der Waals surface area contributed by atoms with Gasteiger partial charge in [0.15, 0.2) is 5.82 Å². The summed E-state index contributed by atoms with van der Waals surface area (Å²) in [5.41, 5.74) is 2.45. The zero-order valence-corrected chi connectivity index (χ0v) is 75.8. The number of ether oxygens (including phenoxy) is 1. The van der Waals surface area contributed by atoms with Gasteiger partial charge in [0.2, 0.25) is 35.9 Å². The number of hydrogen-bond donors (Lipinski definition) is 3. The Hall–Kier alpha value is -5.99. The maximum absolute atomic E-state index is 11.3. The molecule has 7 saturated carbocycles. The van der Waals surface area contributed by atoms with E-state index in [-0.39, 0.29) is 23.7 Å². The summed E-state index contributed by atoms with van der Waals surface area (Å²) in [6, 6.07) is 8.38. The summed E-state index contributed by atoms with van der Waals surface area (Å²) in [5.74, 6) is 17.2. The minimum Gasteiger partial charge on any atom is -0.481 e. The fraction of sp³-hybridized carbons (Fsp3) is 0.823. The van der Waals surface area contributed by atoms with Crippen molar-refractivity contribution in [1.29, 1.82) is 5.26 Å². The number of hydrogen-bond acceptors (Lipinski definition) is 15. The predicted octanol–water partition coefficient (Wildman–Crippen LogP) is 25.7. The van der Waals surface area contributed by atoms with Crippen LogP contribution in [0.1, 0.15) is 411 Å². The molecule has 648 valence electrons. The van der Waals surface area contributed by atoms with Crippen molar-refractivity contribution >= 4 is 23.8 Å². The number of esters is 1. The van der Waals surface area contributed by atoms with E-state index in [2.05, 4.69) is 153 Å². The lowest BCUT2D eigenvalue weighted by atomic mass is 9.78. The highest BCUT2D eigenvalue weighted by Gasteiger charge is 2.32. The molecule has 1 aromatic carbocycles. The lowest BCUT2D eigenvalue weighted by Gasteiger charge is -2.29. The summed E-state index contributed by atoms with van der Waals surface area (Å²) >= 11 is 0. The largest absolute Gasteiger partial charge is 0.481 e. The summed E-state index contributed by atoms with van der Waals surface area (Å²) in [6.07, 6.45) is 45.4. The van der Waals surface area contributed by atoms with Gasteiger partial charge in [-0.05, 0) is 351 Å². The third kappa shape index (κ3) is 42.4. The number of methoxy groups -OCH3 is 1. The van der Waals surface area contributed by atoms with Gasteiger partial charge in [0.05, 0.1) is 30.6 Å². The van der Waals surface area contributed by atoms with Gasteiger partial charge in [-0.15, -0.1) is 20.4 Å². The van der Waals surface area contributed by atoms with Crippen LogP contribution in [0, 0.1) is 139 Å². The number of carboxylic acids is 2. The normalized spacial score (nSPS) is 25.5. The molecule has 7 aliphatic carbocycles. The molecule has 18 nitrogen and oxygen atoms in total. The molecule has 18 heteroatoms. The smallest absolute Gasteiger partial charge is 0.335 e. The molecule has 0 bridgehead atoms. The predicted molar refractivity (Wildman–Crippen MR) is 461 cm³/mol. The first kappa shape index (κ1) is 100. The Labute approximate surface area is 692 Å². The van der Waals surface area contributed by atoms with Crippen LogP contribution in [0.5, 0.6) is 0 Å². The van der Waals surface area contributed by atoms with Crippen molar-refractivity contribution in [3.8, 4) is 6.07 Å². The molecule has 0 radical (unpaired) electrons. The first-order valence-corrected chi connectivity index (χ1v) is 45.7. The second-order valence-corrected chi connectivity index (χ2v) is 39.3. The highest BCUT2D eigenvalue weighted by Crippen LogP contribution is 2.42. The van der Waals surface area contributed by atoms with Gasteiger partial charge in [0, 0.05) is 43.6 Å². The monoisotopic (exact) mass is 1590 g/mol. The number of aromatic carboxylic acids is 1. The molecular weight excluding hydrogens is 1430 g/mol. The molecule has 0 unspecified atom stereocenters. The van der Waals surface area contributed by atoms with Crippen LogP contribution < -0.4 is 5.32 Å². The quantitative estimate of drug-likeness (QED) is 0.0582. The van der Waals surface area contributed by atoms with Crippen molar-refractivity contribution in [2.75, 3.05) is 7.11 Å². The van der Waals surface area contributed by atoms with Crippen LogP contribution in [0.2, 0.25) is 0 Å². The number of rotatable bonds is 23. The Morgan fingerprint density at radius 3 is 1.17 bits per heavy atom. The fourth-order valence-corrected chi connectivity index (χ4v) is 19.3. The van der Waals surface area contributed by atoms with Crippen LogP contribution in [0.25, 0.3) is 0 Å². The standard InChI is InChI=1S/2C13H22N2O.C12H20N2O.C12H23NO.C12H22O2.C12H16O2.C11H19N.C11H20O2/c1-9(2)8-11-4-6-12(7-5-11)13-15-14-10(3)16-13;1-9(2)8-11-4-6-12(7-5-11)13-14-10(3)15-16-13;1-9(2)7-10-3-5-11(6-4-10)12-14-13-8-15-12;1-9(2)8-11-4-6-12(7-5-11)13-10(3)14;1-9(2)8-10-4-6-11(7-5-10)12(13)14-3;1-8(2)6-10-4-5-11(12(13)14)9(3)7-10;1-9(2)7-10-3-5-11(8-12)6-4-10;1-8(2)7-9-3-5-10(6-4-9)11(12)13/h2*9,11-12H,4-8H2,1-3H3;8-11H,3-7H2,1-2H3;9,11-12H,4-8H2,1-3H3,(H,13,14);9-11H,4-8H2,1-3H3;4-5,7-8H,6H2,1-3H3,(H,13,14);9-11H,3-7H2,1-2H3;8-10H,3-7H2,1-2H3,(H,12,13).